The molecule has 0 aromatic heterocycles. The van der Waals surface area contributed by atoms with Crippen molar-refractivity contribution in [3.8, 4) is 0 Å². The maximum Gasteiger partial charge on any atom is 0.136 e. The van der Waals surface area contributed by atoms with E-state index in [4.69, 9.17) is 4.74 Å². The molecule has 1 aliphatic carbocycles. The van der Waals surface area contributed by atoms with Crippen LogP contribution in [0.3, 0.4) is 0 Å². The Bertz CT molecular complexity index is 344. The summed E-state index contributed by atoms with van der Waals surface area (Å²) < 4.78 is 5.31. The summed E-state index contributed by atoms with van der Waals surface area (Å²) in [6.07, 6.45) is 18.1. The molecule has 1 saturated carbocycles. The average molecular weight is 337 g/mol. The number of allylic oxidation sites excluding steroid dienone is 1. The van der Waals surface area contributed by atoms with Crippen molar-refractivity contribution in [1.82, 2.24) is 0 Å². The Balaban J connectivity index is 1.92. The summed E-state index contributed by atoms with van der Waals surface area (Å²) in [4.78, 5) is 12.2. The normalized spacial score (nSPS) is 20.0. The Kier molecular flexibility index (Phi) is 12.0. The van der Waals surface area contributed by atoms with Crippen LogP contribution in [0.2, 0.25) is 0 Å². The molecule has 0 aromatic carbocycles. The lowest BCUT2D eigenvalue weighted by molar-refractivity contribution is -0.120. The first-order chi connectivity index (χ1) is 11.7. The van der Waals surface area contributed by atoms with Crippen LogP contribution >= 0.6 is 0 Å². The van der Waals surface area contributed by atoms with E-state index in [-0.39, 0.29) is 0 Å². The monoisotopic (exact) mass is 336 g/mol. The van der Waals surface area contributed by atoms with Gasteiger partial charge in [0.1, 0.15) is 5.78 Å². The van der Waals surface area contributed by atoms with Gasteiger partial charge in [0, 0.05) is 12.3 Å². The van der Waals surface area contributed by atoms with Gasteiger partial charge in [-0.25, -0.2) is 0 Å². The second-order valence-electron chi connectivity index (χ2n) is 7.54. The van der Waals surface area contributed by atoms with Gasteiger partial charge in [-0.2, -0.15) is 0 Å². The maximum absolute atomic E-state index is 12.2. The summed E-state index contributed by atoms with van der Waals surface area (Å²) in [7, 11) is 0. The zero-order valence-electron chi connectivity index (χ0n) is 16.4. The molecule has 0 saturated heterocycles. The van der Waals surface area contributed by atoms with Crippen LogP contribution in [0, 0.1) is 17.8 Å². The van der Waals surface area contributed by atoms with E-state index in [0.717, 1.165) is 37.7 Å². The molecule has 0 amide bonds. The van der Waals surface area contributed by atoms with E-state index < -0.39 is 0 Å². The molecule has 2 heteroatoms. The van der Waals surface area contributed by atoms with E-state index in [1.54, 1.807) is 6.26 Å². The van der Waals surface area contributed by atoms with Gasteiger partial charge < -0.3 is 4.74 Å². The van der Waals surface area contributed by atoms with Crippen molar-refractivity contribution < 1.29 is 9.53 Å². The highest BCUT2D eigenvalue weighted by molar-refractivity contribution is 5.83. The Morgan fingerprint density at radius 3 is 2.50 bits per heavy atom. The van der Waals surface area contributed by atoms with Gasteiger partial charge in [-0.3, -0.25) is 4.79 Å². The summed E-state index contributed by atoms with van der Waals surface area (Å²) in [5.41, 5.74) is 0. The Labute approximate surface area is 150 Å². The van der Waals surface area contributed by atoms with Gasteiger partial charge in [-0.15, -0.1) is 0 Å². The molecule has 0 spiro atoms. The van der Waals surface area contributed by atoms with Crippen molar-refractivity contribution >= 4 is 5.78 Å². The molecule has 1 rings (SSSR count). The zero-order chi connectivity index (χ0) is 17.6. The molecule has 140 valence electrons. The van der Waals surface area contributed by atoms with Crippen LogP contribution in [-0.2, 0) is 9.53 Å². The van der Waals surface area contributed by atoms with Crippen LogP contribution in [0.5, 0.6) is 0 Å². The second-order valence-corrected chi connectivity index (χ2v) is 7.54. The van der Waals surface area contributed by atoms with Crippen molar-refractivity contribution in [2.24, 2.45) is 17.8 Å². The molecule has 24 heavy (non-hydrogen) atoms. The lowest BCUT2D eigenvalue weighted by atomic mass is 9.95. The molecule has 2 atom stereocenters. The highest BCUT2D eigenvalue weighted by Gasteiger charge is 2.41. The molecule has 1 aliphatic rings. The number of ether oxygens (including phenoxy) is 1. The number of unbranched alkanes of at least 4 members (excludes halogenated alkanes) is 4. The number of Topliss-reactive ketones (excluding diaryl/α,β-unsaturated/α-hetero) is 1. The largest absolute Gasteiger partial charge is 0.502 e. The van der Waals surface area contributed by atoms with Gasteiger partial charge in [-0.05, 0) is 44.4 Å². The van der Waals surface area contributed by atoms with E-state index in [2.05, 4.69) is 13.8 Å². The average Bonchev–Trinajstić information content (AvgIpc) is 3.37. The minimum Gasteiger partial charge on any atom is -0.502 e. The smallest absolute Gasteiger partial charge is 0.136 e. The molecule has 1 fully saturated rings. The summed E-state index contributed by atoms with van der Waals surface area (Å²) in [6, 6.07) is 0. The van der Waals surface area contributed by atoms with Crippen LogP contribution < -0.4 is 0 Å². The summed E-state index contributed by atoms with van der Waals surface area (Å²) in [5, 5.41) is 0. The lowest BCUT2D eigenvalue weighted by Crippen LogP contribution is -2.03. The Morgan fingerprint density at radius 2 is 1.79 bits per heavy atom. The van der Waals surface area contributed by atoms with Crippen LogP contribution in [-0.4, -0.2) is 12.4 Å². The lowest BCUT2D eigenvalue weighted by Gasteiger charge is -2.11. The van der Waals surface area contributed by atoms with Crippen molar-refractivity contribution in [2.45, 2.75) is 97.8 Å². The number of carbonyl (C=O) groups is 1. The number of hydrogen-bond donors (Lipinski definition) is 0. The predicted octanol–water partition coefficient (Wildman–Crippen LogP) is 6.69. The SMILES string of the molecule is C/C=C/OCCCCCCCC(=O)C1CC1CCCC(CC)CC. The second kappa shape index (κ2) is 13.5. The first-order valence-electron chi connectivity index (χ1n) is 10.5. The standard InChI is InChI=1S/C22H40O2/c1-4-16-24-17-11-9-7-8-10-15-22(23)21-18-20(21)14-12-13-19(5-2)6-3/h4,16,19-21H,5-15,17-18H2,1-3H3/b16-4+. The van der Waals surface area contributed by atoms with Crippen molar-refractivity contribution in [3.05, 3.63) is 12.3 Å². The molecule has 2 unspecified atom stereocenters. The van der Waals surface area contributed by atoms with Gasteiger partial charge in [0.25, 0.3) is 0 Å². The molecule has 2 nitrogen and oxygen atoms in total. The molecule has 0 heterocycles. The van der Waals surface area contributed by atoms with Gasteiger partial charge in [0.15, 0.2) is 0 Å². The number of carbonyl (C=O) groups excluding carboxylic acids is 1. The number of hydrogen-bond acceptors (Lipinski definition) is 2. The summed E-state index contributed by atoms with van der Waals surface area (Å²) >= 11 is 0. The third-order valence-corrected chi connectivity index (χ3v) is 5.60. The zero-order valence-corrected chi connectivity index (χ0v) is 16.4. The van der Waals surface area contributed by atoms with Crippen molar-refractivity contribution in [2.75, 3.05) is 6.61 Å². The van der Waals surface area contributed by atoms with E-state index >= 15 is 0 Å². The van der Waals surface area contributed by atoms with E-state index in [1.807, 2.05) is 13.0 Å². The van der Waals surface area contributed by atoms with Crippen LogP contribution in [0.1, 0.15) is 97.8 Å². The number of rotatable bonds is 16. The van der Waals surface area contributed by atoms with E-state index in [9.17, 15) is 4.79 Å². The first kappa shape index (κ1) is 21.3. The van der Waals surface area contributed by atoms with Crippen LogP contribution in [0.15, 0.2) is 12.3 Å². The topological polar surface area (TPSA) is 26.3 Å². The van der Waals surface area contributed by atoms with Crippen LogP contribution in [0.4, 0.5) is 0 Å². The molecule has 0 bridgehead atoms. The van der Waals surface area contributed by atoms with E-state index in [1.165, 1.54) is 57.8 Å². The molecule has 0 N–H and O–H groups in total. The molecule has 0 aliphatic heterocycles. The summed E-state index contributed by atoms with van der Waals surface area (Å²) in [6.45, 7) is 7.39. The molecular formula is C22H40O2. The predicted molar refractivity (Wildman–Crippen MR) is 103 cm³/mol. The highest BCUT2D eigenvalue weighted by atomic mass is 16.5. The highest BCUT2D eigenvalue weighted by Crippen LogP contribution is 2.44. The van der Waals surface area contributed by atoms with Crippen LogP contribution in [0.25, 0.3) is 0 Å². The maximum atomic E-state index is 12.2. The fourth-order valence-corrected chi connectivity index (χ4v) is 3.69. The van der Waals surface area contributed by atoms with Crippen molar-refractivity contribution in [1.29, 1.82) is 0 Å². The third kappa shape index (κ3) is 9.49. The first-order valence-corrected chi connectivity index (χ1v) is 10.5. The van der Waals surface area contributed by atoms with Gasteiger partial charge in [0.2, 0.25) is 0 Å². The minimum absolute atomic E-state index is 0.431. The van der Waals surface area contributed by atoms with E-state index in [0.29, 0.717) is 11.7 Å². The summed E-state index contributed by atoms with van der Waals surface area (Å²) in [5.74, 6) is 2.62. The van der Waals surface area contributed by atoms with Crippen molar-refractivity contribution in [3.63, 3.8) is 0 Å². The Morgan fingerprint density at radius 1 is 1.08 bits per heavy atom. The number of ketones is 1. The fourth-order valence-electron chi connectivity index (χ4n) is 3.69. The molecule has 0 radical (unpaired) electrons. The molecular weight excluding hydrogens is 296 g/mol. The van der Waals surface area contributed by atoms with Gasteiger partial charge in [0.05, 0.1) is 12.9 Å². The fraction of sp³-hybridized carbons (Fsp3) is 0.864. The quantitative estimate of drug-likeness (QED) is 0.232. The van der Waals surface area contributed by atoms with Gasteiger partial charge >= 0.3 is 0 Å². The Hall–Kier alpha value is -0.790. The van der Waals surface area contributed by atoms with Gasteiger partial charge in [-0.1, -0.05) is 64.9 Å². The molecule has 0 aromatic rings. The third-order valence-electron chi connectivity index (χ3n) is 5.60. The minimum atomic E-state index is 0.431.